The van der Waals surface area contributed by atoms with Crippen LogP contribution in [-0.2, 0) is 4.79 Å². The molecule has 2 atom stereocenters. The molecule has 0 aromatic carbocycles. The minimum Gasteiger partial charge on any atom is -0.481 e. The molecule has 17 heavy (non-hydrogen) atoms. The second kappa shape index (κ2) is 4.71. The molecule has 0 saturated heterocycles. The number of thiophene rings is 1. The van der Waals surface area contributed by atoms with Crippen LogP contribution in [0.25, 0.3) is 10.7 Å². The van der Waals surface area contributed by atoms with Crippen molar-refractivity contribution in [3.63, 3.8) is 0 Å². The van der Waals surface area contributed by atoms with E-state index in [4.69, 9.17) is 5.11 Å². The highest BCUT2D eigenvalue weighted by Crippen LogP contribution is 2.28. The fourth-order valence-electron chi connectivity index (χ4n) is 1.69. The predicted molar refractivity (Wildman–Crippen MR) is 67.1 cm³/mol. The topological polar surface area (TPSA) is 55.1 Å². The summed E-state index contributed by atoms with van der Waals surface area (Å²) in [5.74, 6) is -0.396. The Labute approximate surface area is 104 Å². The maximum atomic E-state index is 11.0. The normalized spacial score (nSPS) is 14.5. The Kier molecular flexibility index (Phi) is 3.28. The van der Waals surface area contributed by atoms with Gasteiger partial charge in [0.1, 0.15) is 5.82 Å². The molecule has 2 heterocycles. The van der Waals surface area contributed by atoms with Crippen molar-refractivity contribution in [1.29, 1.82) is 0 Å². The molecule has 0 aliphatic heterocycles. The molecule has 0 bridgehead atoms. The van der Waals surface area contributed by atoms with Gasteiger partial charge in [-0.05, 0) is 25.3 Å². The molecule has 2 rings (SSSR count). The van der Waals surface area contributed by atoms with Crippen LogP contribution in [-0.4, -0.2) is 20.6 Å². The number of carbonyl (C=O) groups is 1. The summed E-state index contributed by atoms with van der Waals surface area (Å²) in [6.07, 6.45) is 3.54. The minimum absolute atomic E-state index is 0.118. The number of aliphatic carboxylic acids is 1. The average Bonchev–Trinajstić information content (AvgIpc) is 2.96. The van der Waals surface area contributed by atoms with Gasteiger partial charge in [-0.15, -0.1) is 11.3 Å². The minimum atomic E-state index is -0.789. The molecule has 5 heteroatoms. The van der Waals surface area contributed by atoms with Gasteiger partial charge < -0.3 is 9.67 Å². The average molecular weight is 250 g/mol. The van der Waals surface area contributed by atoms with Crippen molar-refractivity contribution < 1.29 is 9.90 Å². The molecule has 0 amide bonds. The first-order chi connectivity index (χ1) is 8.11. The summed E-state index contributed by atoms with van der Waals surface area (Å²) >= 11 is 1.60. The second-order valence-corrected chi connectivity index (χ2v) is 4.95. The van der Waals surface area contributed by atoms with Crippen molar-refractivity contribution in [1.82, 2.24) is 9.55 Å². The SMILES string of the molecule is CC(C(=O)O)C(C)n1ccnc1-c1cccs1. The van der Waals surface area contributed by atoms with E-state index in [1.165, 1.54) is 0 Å². The van der Waals surface area contributed by atoms with E-state index in [-0.39, 0.29) is 6.04 Å². The van der Waals surface area contributed by atoms with Crippen LogP contribution >= 0.6 is 11.3 Å². The molecule has 2 unspecified atom stereocenters. The highest BCUT2D eigenvalue weighted by Gasteiger charge is 2.23. The highest BCUT2D eigenvalue weighted by atomic mass is 32.1. The molecule has 0 saturated carbocycles. The summed E-state index contributed by atoms with van der Waals surface area (Å²) in [4.78, 5) is 16.4. The van der Waals surface area contributed by atoms with E-state index in [0.29, 0.717) is 0 Å². The van der Waals surface area contributed by atoms with Crippen LogP contribution < -0.4 is 0 Å². The van der Waals surface area contributed by atoms with E-state index in [1.54, 1.807) is 24.5 Å². The van der Waals surface area contributed by atoms with Gasteiger partial charge in [-0.3, -0.25) is 4.79 Å². The zero-order chi connectivity index (χ0) is 12.4. The molecular weight excluding hydrogens is 236 g/mol. The Morgan fingerprint density at radius 3 is 2.88 bits per heavy atom. The summed E-state index contributed by atoms with van der Waals surface area (Å²) in [5.41, 5.74) is 0. The second-order valence-electron chi connectivity index (χ2n) is 4.00. The van der Waals surface area contributed by atoms with Gasteiger partial charge in [-0.2, -0.15) is 0 Å². The molecule has 0 aliphatic rings. The van der Waals surface area contributed by atoms with Crippen LogP contribution in [0.5, 0.6) is 0 Å². The quantitative estimate of drug-likeness (QED) is 0.907. The molecule has 4 nitrogen and oxygen atoms in total. The largest absolute Gasteiger partial charge is 0.481 e. The summed E-state index contributed by atoms with van der Waals surface area (Å²) < 4.78 is 1.92. The van der Waals surface area contributed by atoms with E-state index >= 15 is 0 Å². The Bertz CT molecular complexity index is 504. The third-order valence-corrected chi connectivity index (χ3v) is 3.83. The molecule has 0 fully saturated rings. The highest BCUT2D eigenvalue weighted by molar-refractivity contribution is 7.13. The monoisotopic (exact) mass is 250 g/mol. The number of rotatable bonds is 4. The van der Waals surface area contributed by atoms with Crippen LogP contribution in [0, 0.1) is 5.92 Å². The lowest BCUT2D eigenvalue weighted by molar-refractivity contribution is -0.142. The summed E-state index contributed by atoms with van der Waals surface area (Å²) in [5, 5.41) is 11.0. The van der Waals surface area contributed by atoms with Gasteiger partial charge in [0.05, 0.1) is 10.8 Å². The molecule has 0 radical (unpaired) electrons. The van der Waals surface area contributed by atoms with Crippen LogP contribution in [0.4, 0.5) is 0 Å². The van der Waals surface area contributed by atoms with E-state index in [9.17, 15) is 4.79 Å². The van der Waals surface area contributed by atoms with Crippen molar-refractivity contribution in [2.45, 2.75) is 19.9 Å². The summed E-state index contributed by atoms with van der Waals surface area (Å²) in [7, 11) is 0. The van der Waals surface area contributed by atoms with Crippen molar-refractivity contribution >= 4 is 17.3 Å². The van der Waals surface area contributed by atoms with Gasteiger partial charge in [0, 0.05) is 18.4 Å². The zero-order valence-electron chi connectivity index (χ0n) is 9.70. The van der Waals surface area contributed by atoms with Crippen molar-refractivity contribution in [3.8, 4) is 10.7 Å². The van der Waals surface area contributed by atoms with E-state index in [2.05, 4.69) is 4.98 Å². The van der Waals surface area contributed by atoms with E-state index in [1.807, 2.05) is 35.2 Å². The van der Waals surface area contributed by atoms with Gasteiger partial charge in [0.2, 0.25) is 0 Å². The Morgan fingerprint density at radius 2 is 2.29 bits per heavy atom. The first-order valence-electron chi connectivity index (χ1n) is 5.40. The number of carboxylic acids is 1. The number of nitrogens with zero attached hydrogens (tertiary/aromatic N) is 2. The zero-order valence-corrected chi connectivity index (χ0v) is 10.5. The third-order valence-electron chi connectivity index (χ3n) is 2.96. The lowest BCUT2D eigenvalue weighted by Gasteiger charge is -2.19. The molecule has 2 aromatic rings. The van der Waals surface area contributed by atoms with Gasteiger partial charge >= 0.3 is 5.97 Å². The van der Waals surface area contributed by atoms with Gasteiger partial charge in [0.25, 0.3) is 0 Å². The molecule has 90 valence electrons. The maximum Gasteiger partial charge on any atom is 0.308 e. The van der Waals surface area contributed by atoms with Crippen molar-refractivity contribution in [2.24, 2.45) is 5.92 Å². The van der Waals surface area contributed by atoms with Crippen molar-refractivity contribution in [3.05, 3.63) is 29.9 Å². The lowest BCUT2D eigenvalue weighted by atomic mass is 10.0. The van der Waals surface area contributed by atoms with Gasteiger partial charge in [-0.1, -0.05) is 6.07 Å². The van der Waals surface area contributed by atoms with Gasteiger partial charge in [0.15, 0.2) is 0 Å². The predicted octanol–water partition coefficient (Wildman–Crippen LogP) is 2.89. The van der Waals surface area contributed by atoms with Crippen LogP contribution in [0.3, 0.4) is 0 Å². The molecular formula is C12H14N2O2S. The van der Waals surface area contributed by atoms with Crippen LogP contribution in [0.15, 0.2) is 29.9 Å². The van der Waals surface area contributed by atoms with Gasteiger partial charge in [-0.25, -0.2) is 4.98 Å². The van der Waals surface area contributed by atoms with Crippen molar-refractivity contribution in [2.75, 3.05) is 0 Å². The fourth-order valence-corrected chi connectivity index (χ4v) is 2.41. The Hall–Kier alpha value is -1.62. The van der Waals surface area contributed by atoms with Crippen LogP contribution in [0.1, 0.15) is 19.9 Å². The molecule has 0 aliphatic carbocycles. The number of imidazole rings is 1. The smallest absolute Gasteiger partial charge is 0.308 e. The first-order valence-corrected chi connectivity index (χ1v) is 6.28. The number of aromatic nitrogens is 2. The van der Waals surface area contributed by atoms with E-state index in [0.717, 1.165) is 10.7 Å². The number of carboxylic acid groups (broad SMARTS) is 1. The third kappa shape index (κ3) is 2.24. The molecule has 1 N–H and O–H groups in total. The Morgan fingerprint density at radius 1 is 1.53 bits per heavy atom. The summed E-state index contributed by atoms with van der Waals surface area (Å²) in [6.45, 7) is 3.61. The maximum absolute atomic E-state index is 11.0. The van der Waals surface area contributed by atoms with Crippen LogP contribution in [0.2, 0.25) is 0 Å². The standard InChI is InChI=1S/C12H14N2O2S/c1-8(12(15)16)9(2)14-6-5-13-11(14)10-4-3-7-17-10/h3-9H,1-2H3,(H,15,16). The Balaban J connectivity index is 2.34. The lowest BCUT2D eigenvalue weighted by Crippen LogP contribution is -2.21. The first kappa shape index (κ1) is 11.9. The molecule has 2 aromatic heterocycles. The van der Waals surface area contributed by atoms with E-state index < -0.39 is 11.9 Å². The number of hydrogen-bond acceptors (Lipinski definition) is 3. The fraction of sp³-hybridized carbons (Fsp3) is 0.333. The summed E-state index contributed by atoms with van der Waals surface area (Å²) in [6, 6.07) is 3.83. The number of hydrogen-bond donors (Lipinski definition) is 1. The molecule has 0 spiro atoms.